The number of hydrogen-bond acceptors (Lipinski definition) is 9. The largest absolute Gasteiger partial charge is 0.368 e. The molecule has 1 saturated heterocycles. The van der Waals surface area contributed by atoms with Gasteiger partial charge in [-0.15, -0.1) is 11.3 Å². The van der Waals surface area contributed by atoms with E-state index in [-0.39, 0.29) is 0 Å². The number of nitrogens with zero attached hydrogens (tertiary/aromatic N) is 7. The van der Waals surface area contributed by atoms with E-state index in [0.717, 1.165) is 42.0 Å². The quantitative estimate of drug-likeness (QED) is 0.563. The van der Waals surface area contributed by atoms with Crippen molar-refractivity contribution in [1.29, 1.82) is 0 Å². The lowest BCUT2D eigenvalue weighted by Crippen LogP contribution is -2.54. The number of benzene rings is 1. The molecule has 3 aromatic rings. The number of nitrogens with two attached hydrogens (primary N) is 1. The van der Waals surface area contributed by atoms with Gasteiger partial charge in [0, 0.05) is 38.8 Å². The van der Waals surface area contributed by atoms with Crippen LogP contribution in [0.1, 0.15) is 17.4 Å². The first-order valence-electron chi connectivity index (χ1n) is 11.5. The average Bonchev–Trinajstić information content (AvgIpc) is 3.57. The summed E-state index contributed by atoms with van der Waals surface area (Å²) in [5.41, 5.74) is 10.2. The van der Waals surface area contributed by atoms with Crippen LogP contribution in [0.3, 0.4) is 0 Å². The Balaban J connectivity index is 1.14. The van der Waals surface area contributed by atoms with Crippen LogP contribution in [0.5, 0.6) is 0 Å². The van der Waals surface area contributed by atoms with Crippen molar-refractivity contribution in [3.8, 4) is 0 Å². The van der Waals surface area contributed by atoms with Crippen molar-refractivity contribution in [1.82, 2.24) is 25.1 Å². The molecule has 1 unspecified atom stereocenters. The number of aromatic nitrogens is 2. The van der Waals surface area contributed by atoms with Crippen LogP contribution in [0, 0.1) is 11.6 Å². The second-order valence-corrected chi connectivity index (χ2v) is 9.85. The van der Waals surface area contributed by atoms with E-state index < -0.39 is 17.3 Å². The number of nitrogens with one attached hydrogen (secondary N) is 1. The van der Waals surface area contributed by atoms with Crippen LogP contribution >= 0.6 is 11.3 Å². The van der Waals surface area contributed by atoms with E-state index in [9.17, 15) is 8.78 Å². The van der Waals surface area contributed by atoms with Gasteiger partial charge in [0.15, 0.2) is 17.3 Å². The van der Waals surface area contributed by atoms with Crippen molar-refractivity contribution in [3.05, 3.63) is 64.0 Å². The van der Waals surface area contributed by atoms with Gasteiger partial charge < -0.3 is 10.6 Å². The van der Waals surface area contributed by atoms with Gasteiger partial charge in [0.05, 0.1) is 28.9 Å². The van der Waals surface area contributed by atoms with Gasteiger partial charge in [-0.05, 0) is 30.5 Å². The Morgan fingerprint density at radius 1 is 1.14 bits per heavy atom. The molecule has 3 aliphatic heterocycles. The number of anilines is 1. The minimum Gasteiger partial charge on any atom is -0.368 e. The zero-order valence-corrected chi connectivity index (χ0v) is 20.0. The molecule has 1 aromatic carbocycles. The Morgan fingerprint density at radius 3 is 2.71 bits per heavy atom. The van der Waals surface area contributed by atoms with Gasteiger partial charge in [-0.1, -0.05) is 6.07 Å². The van der Waals surface area contributed by atoms with Crippen LogP contribution in [-0.2, 0) is 12.2 Å². The molecule has 6 rings (SSSR count). The molecular weight excluding hydrogens is 472 g/mol. The number of amidine groups is 1. The molecule has 9 nitrogen and oxygen atoms in total. The molecule has 35 heavy (non-hydrogen) atoms. The Kier molecular flexibility index (Phi) is 5.22. The van der Waals surface area contributed by atoms with Crippen molar-refractivity contribution in [2.75, 3.05) is 37.6 Å². The fraction of sp³-hybridized carbons (Fsp3) is 0.348. The third-order valence-corrected chi connectivity index (χ3v) is 7.64. The number of guanidine groups is 1. The maximum atomic E-state index is 14.1. The minimum atomic E-state index is -0.733. The highest BCUT2D eigenvalue weighted by Crippen LogP contribution is 2.42. The maximum absolute atomic E-state index is 14.1. The third-order valence-electron chi connectivity index (χ3n) is 6.76. The predicted octanol–water partition coefficient (Wildman–Crippen LogP) is 2.44. The van der Waals surface area contributed by atoms with Gasteiger partial charge in [0.25, 0.3) is 0 Å². The second kappa shape index (κ2) is 8.31. The van der Waals surface area contributed by atoms with Gasteiger partial charge in [-0.25, -0.2) is 23.5 Å². The minimum absolute atomic E-state index is 0.340. The predicted molar refractivity (Wildman–Crippen MR) is 132 cm³/mol. The molecule has 3 N–H and O–H groups in total. The van der Waals surface area contributed by atoms with Crippen LogP contribution in [0.15, 0.2) is 51.9 Å². The average molecular weight is 498 g/mol. The van der Waals surface area contributed by atoms with Crippen LogP contribution in [0.4, 0.5) is 20.3 Å². The molecule has 5 heterocycles. The monoisotopic (exact) mass is 497 g/mol. The van der Waals surface area contributed by atoms with E-state index in [1.54, 1.807) is 16.3 Å². The van der Waals surface area contributed by atoms with Crippen LogP contribution in [0.2, 0.25) is 0 Å². The number of aliphatic imine (C=N–C) groups is 2. The number of fused-ring (bicyclic) bond motifs is 3. The molecule has 0 saturated carbocycles. The number of hydrogen-bond donors (Lipinski definition) is 2. The fourth-order valence-electron chi connectivity index (χ4n) is 4.83. The van der Waals surface area contributed by atoms with Gasteiger partial charge >= 0.3 is 0 Å². The van der Waals surface area contributed by atoms with Gasteiger partial charge in [-0.2, -0.15) is 10.1 Å². The van der Waals surface area contributed by atoms with Gasteiger partial charge in [0.1, 0.15) is 11.6 Å². The van der Waals surface area contributed by atoms with E-state index in [4.69, 9.17) is 10.7 Å². The number of halogens is 2. The summed E-state index contributed by atoms with van der Waals surface area (Å²) in [5, 5.41) is 8.40. The highest BCUT2D eigenvalue weighted by Gasteiger charge is 2.47. The summed E-state index contributed by atoms with van der Waals surface area (Å²) in [6, 6.07) is 7.74. The third kappa shape index (κ3) is 3.73. The summed E-state index contributed by atoms with van der Waals surface area (Å²) < 4.78 is 29.2. The second-order valence-electron chi connectivity index (χ2n) is 8.91. The Morgan fingerprint density at radius 2 is 1.97 bits per heavy atom. The van der Waals surface area contributed by atoms with Gasteiger partial charge in [0.2, 0.25) is 5.96 Å². The SMILES string of the molecule is CC12N=C(c3cccs3)NN1C(N)=Nc1c2cnn1CCN1CCN(c2ccc(F)cc2F)CC1. The molecule has 3 aliphatic rings. The molecule has 2 aromatic heterocycles. The summed E-state index contributed by atoms with van der Waals surface area (Å²) in [6.07, 6.45) is 1.82. The van der Waals surface area contributed by atoms with E-state index in [0.29, 0.717) is 37.1 Å². The zero-order valence-electron chi connectivity index (χ0n) is 19.2. The topological polar surface area (TPSA) is 90.3 Å². The lowest BCUT2D eigenvalue weighted by atomic mass is 10.0. The lowest BCUT2D eigenvalue weighted by molar-refractivity contribution is 0.195. The zero-order chi connectivity index (χ0) is 24.2. The normalized spacial score (nSPS) is 21.9. The van der Waals surface area contributed by atoms with Crippen molar-refractivity contribution < 1.29 is 8.78 Å². The summed E-state index contributed by atoms with van der Waals surface area (Å²) >= 11 is 1.61. The molecule has 1 atom stereocenters. The molecule has 0 bridgehead atoms. The summed E-state index contributed by atoms with van der Waals surface area (Å²) in [7, 11) is 0. The van der Waals surface area contributed by atoms with E-state index >= 15 is 0 Å². The Labute approximate surface area is 205 Å². The van der Waals surface area contributed by atoms with Crippen molar-refractivity contribution in [2.45, 2.75) is 19.1 Å². The van der Waals surface area contributed by atoms with Crippen LogP contribution in [-0.4, -0.2) is 64.2 Å². The summed E-state index contributed by atoms with van der Waals surface area (Å²) in [5.74, 6) is 0.732. The van der Waals surface area contributed by atoms with Crippen LogP contribution in [0.25, 0.3) is 0 Å². The fourth-order valence-corrected chi connectivity index (χ4v) is 5.50. The number of thiophene rings is 1. The maximum Gasteiger partial charge on any atom is 0.219 e. The molecular formula is C23H25F2N9S. The Bertz CT molecular complexity index is 1310. The van der Waals surface area contributed by atoms with Gasteiger partial charge in [-0.3, -0.25) is 10.3 Å². The highest BCUT2D eigenvalue weighted by atomic mass is 32.1. The summed E-state index contributed by atoms with van der Waals surface area (Å²) in [4.78, 5) is 14.9. The lowest BCUT2D eigenvalue weighted by Gasteiger charge is -2.36. The molecule has 0 radical (unpaired) electrons. The number of hydrazine groups is 1. The molecule has 182 valence electrons. The number of rotatable bonds is 5. The van der Waals surface area contributed by atoms with E-state index in [1.807, 2.05) is 40.2 Å². The standard InChI is InChI=1S/C23H25F2N9S/c1-23-16-14-27-33(21(16)28-22(26)34(23)30-20(29-23)19-3-2-12-35-19)11-8-31-6-9-32(10-7-31)18-5-4-15(24)13-17(18)25/h2-5,12-14H,6-11H2,1H3,(H2,26,28)(H,29,30). The Hall–Kier alpha value is -3.51. The molecule has 1 fully saturated rings. The van der Waals surface area contributed by atoms with E-state index in [2.05, 4.69) is 20.4 Å². The first kappa shape index (κ1) is 22.0. The molecule has 0 aliphatic carbocycles. The highest BCUT2D eigenvalue weighted by molar-refractivity contribution is 7.12. The first-order chi connectivity index (χ1) is 16.9. The smallest absolute Gasteiger partial charge is 0.219 e. The van der Waals surface area contributed by atoms with Crippen molar-refractivity contribution >= 4 is 34.6 Å². The van der Waals surface area contributed by atoms with Crippen molar-refractivity contribution in [3.63, 3.8) is 0 Å². The molecule has 12 heteroatoms. The molecule has 0 spiro atoms. The summed E-state index contributed by atoms with van der Waals surface area (Å²) in [6.45, 7) is 6.30. The van der Waals surface area contributed by atoms with Crippen molar-refractivity contribution in [2.24, 2.45) is 15.7 Å². The number of piperazine rings is 1. The molecule has 0 amide bonds. The first-order valence-corrected chi connectivity index (χ1v) is 12.3. The van der Waals surface area contributed by atoms with E-state index in [1.165, 1.54) is 12.1 Å². The van der Waals surface area contributed by atoms with Crippen LogP contribution < -0.4 is 16.1 Å².